The van der Waals surface area contributed by atoms with Crippen LogP contribution in [-0.4, -0.2) is 35.8 Å². The Kier molecular flexibility index (Phi) is 5.08. The van der Waals surface area contributed by atoms with Gasteiger partial charge < -0.3 is 24.4 Å². The van der Waals surface area contributed by atoms with E-state index in [1.165, 1.54) is 11.1 Å². The minimum Gasteiger partial charge on any atom is -0.453 e. The summed E-state index contributed by atoms with van der Waals surface area (Å²) in [5.41, 5.74) is 5.59. The van der Waals surface area contributed by atoms with Crippen LogP contribution in [0.4, 0.5) is 0 Å². The Balaban J connectivity index is 1.71. The van der Waals surface area contributed by atoms with Crippen LogP contribution >= 0.6 is 0 Å². The Hall–Kier alpha value is -2.08. The maximum absolute atomic E-state index is 10.2. The number of benzene rings is 2. The predicted octanol–water partition coefficient (Wildman–Crippen LogP) is 3.20. The lowest BCUT2D eigenvalue weighted by Gasteiger charge is -2.33. The molecule has 2 aliphatic heterocycles. The fraction of sp³-hybridized carbons (Fsp3) is 0.455. The Morgan fingerprint density at radius 2 is 1.78 bits per heavy atom. The first kappa shape index (κ1) is 18.3. The number of rotatable bonds is 4. The van der Waals surface area contributed by atoms with Crippen molar-refractivity contribution in [2.24, 2.45) is 0 Å². The Morgan fingerprint density at radius 1 is 1.04 bits per heavy atom. The SMILES string of the molecule is Cc1ccc(Cc2cc(C3CC(O)CC(CO)O3)c3c(c2C)OCO3)cc1. The van der Waals surface area contributed by atoms with Crippen molar-refractivity contribution in [3.05, 3.63) is 58.1 Å². The molecule has 144 valence electrons. The number of aryl methyl sites for hydroxylation is 1. The summed E-state index contributed by atoms with van der Waals surface area (Å²) >= 11 is 0. The Bertz CT molecular complexity index is 814. The summed E-state index contributed by atoms with van der Waals surface area (Å²) in [4.78, 5) is 0. The lowest BCUT2D eigenvalue weighted by Crippen LogP contribution is -2.33. The molecular formula is C22H26O5. The number of fused-ring (bicyclic) bond motifs is 1. The molecule has 3 atom stereocenters. The fourth-order valence-corrected chi connectivity index (χ4v) is 3.94. The van der Waals surface area contributed by atoms with Gasteiger partial charge in [0.25, 0.3) is 0 Å². The Morgan fingerprint density at radius 3 is 2.52 bits per heavy atom. The second kappa shape index (κ2) is 7.50. The van der Waals surface area contributed by atoms with Crippen LogP contribution in [0.25, 0.3) is 0 Å². The topological polar surface area (TPSA) is 68.2 Å². The van der Waals surface area contributed by atoms with E-state index in [9.17, 15) is 10.2 Å². The third-order valence-corrected chi connectivity index (χ3v) is 5.47. The monoisotopic (exact) mass is 370 g/mol. The van der Waals surface area contributed by atoms with Crippen molar-refractivity contribution in [3.63, 3.8) is 0 Å². The van der Waals surface area contributed by atoms with Gasteiger partial charge in [-0.3, -0.25) is 0 Å². The second-order valence-electron chi connectivity index (χ2n) is 7.53. The lowest BCUT2D eigenvalue weighted by atomic mass is 9.90. The van der Waals surface area contributed by atoms with Crippen LogP contribution in [-0.2, 0) is 11.2 Å². The molecule has 0 spiro atoms. The molecule has 5 nitrogen and oxygen atoms in total. The zero-order valence-corrected chi connectivity index (χ0v) is 15.8. The maximum atomic E-state index is 10.2. The highest BCUT2D eigenvalue weighted by molar-refractivity contribution is 5.58. The zero-order valence-electron chi connectivity index (χ0n) is 15.8. The molecule has 5 heteroatoms. The minimum absolute atomic E-state index is 0.102. The van der Waals surface area contributed by atoms with E-state index in [1.54, 1.807) is 0 Å². The standard InChI is InChI=1S/C22H26O5/c1-13-3-5-15(6-4-13)7-16-8-19(22-21(14(16)2)25-12-26-22)20-10-17(24)9-18(11-23)27-20/h3-6,8,17-18,20,23-24H,7,9-12H2,1-2H3. The largest absolute Gasteiger partial charge is 0.453 e. The predicted molar refractivity (Wildman–Crippen MR) is 101 cm³/mol. The summed E-state index contributed by atoms with van der Waals surface area (Å²) in [6.45, 7) is 4.22. The summed E-state index contributed by atoms with van der Waals surface area (Å²) in [7, 11) is 0. The molecule has 1 fully saturated rings. The van der Waals surface area contributed by atoms with Gasteiger partial charge in [-0.2, -0.15) is 0 Å². The van der Waals surface area contributed by atoms with Gasteiger partial charge >= 0.3 is 0 Å². The summed E-state index contributed by atoms with van der Waals surface area (Å²) in [5.74, 6) is 1.47. The van der Waals surface area contributed by atoms with Crippen LogP contribution in [0.15, 0.2) is 30.3 Å². The highest BCUT2D eigenvalue weighted by atomic mass is 16.7. The summed E-state index contributed by atoms with van der Waals surface area (Å²) in [5, 5.41) is 19.7. The van der Waals surface area contributed by atoms with Gasteiger partial charge in [-0.15, -0.1) is 0 Å². The van der Waals surface area contributed by atoms with Crippen LogP contribution < -0.4 is 9.47 Å². The van der Waals surface area contributed by atoms with E-state index in [0.717, 1.165) is 28.9 Å². The highest BCUT2D eigenvalue weighted by Crippen LogP contribution is 2.46. The first-order chi connectivity index (χ1) is 13.0. The highest BCUT2D eigenvalue weighted by Gasteiger charge is 2.34. The molecule has 2 N–H and O–H groups in total. The average Bonchev–Trinajstić information content (AvgIpc) is 3.15. The van der Waals surface area contributed by atoms with Crippen LogP contribution in [0.2, 0.25) is 0 Å². The van der Waals surface area contributed by atoms with Crippen LogP contribution in [0.3, 0.4) is 0 Å². The van der Waals surface area contributed by atoms with Gasteiger partial charge in [0.1, 0.15) is 0 Å². The molecule has 0 aromatic heterocycles. The summed E-state index contributed by atoms with van der Waals surface area (Å²) < 4.78 is 17.5. The third kappa shape index (κ3) is 3.68. The summed E-state index contributed by atoms with van der Waals surface area (Å²) in [6, 6.07) is 10.6. The van der Waals surface area contributed by atoms with E-state index in [1.807, 2.05) is 6.92 Å². The van der Waals surface area contributed by atoms with E-state index < -0.39 is 6.10 Å². The van der Waals surface area contributed by atoms with Crippen molar-refractivity contribution in [1.82, 2.24) is 0 Å². The van der Waals surface area contributed by atoms with Gasteiger partial charge in [-0.25, -0.2) is 0 Å². The average molecular weight is 370 g/mol. The molecule has 4 rings (SSSR count). The first-order valence-electron chi connectivity index (χ1n) is 9.47. The van der Waals surface area contributed by atoms with Gasteiger partial charge in [-0.05, 0) is 43.0 Å². The number of hydrogen-bond acceptors (Lipinski definition) is 5. The normalized spacial score (nSPS) is 24.2. The van der Waals surface area contributed by atoms with E-state index in [4.69, 9.17) is 14.2 Å². The number of ether oxygens (including phenoxy) is 3. The van der Waals surface area contributed by atoms with Crippen LogP contribution in [0.5, 0.6) is 11.5 Å². The molecule has 2 aliphatic rings. The molecule has 0 amide bonds. The number of aliphatic hydroxyl groups excluding tert-OH is 2. The van der Waals surface area contributed by atoms with Gasteiger partial charge in [0.15, 0.2) is 11.5 Å². The molecule has 2 aromatic rings. The van der Waals surface area contributed by atoms with Crippen molar-refractivity contribution in [1.29, 1.82) is 0 Å². The Labute approximate surface area is 159 Å². The van der Waals surface area contributed by atoms with Gasteiger partial charge in [0.05, 0.1) is 24.9 Å². The molecule has 2 aromatic carbocycles. The van der Waals surface area contributed by atoms with E-state index in [2.05, 4.69) is 37.3 Å². The minimum atomic E-state index is -0.499. The molecule has 0 saturated carbocycles. The number of hydrogen-bond donors (Lipinski definition) is 2. The molecule has 0 radical (unpaired) electrons. The van der Waals surface area contributed by atoms with Crippen LogP contribution in [0.1, 0.15) is 46.8 Å². The first-order valence-corrected chi connectivity index (χ1v) is 9.47. The van der Waals surface area contributed by atoms with Crippen molar-refractivity contribution < 1.29 is 24.4 Å². The molecule has 0 aliphatic carbocycles. The van der Waals surface area contributed by atoms with Crippen molar-refractivity contribution in [2.75, 3.05) is 13.4 Å². The molecule has 2 heterocycles. The van der Waals surface area contributed by atoms with Gasteiger partial charge in [0.2, 0.25) is 6.79 Å². The molecule has 27 heavy (non-hydrogen) atoms. The van der Waals surface area contributed by atoms with E-state index in [0.29, 0.717) is 18.6 Å². The smallest absolute Gasteiger partial charge is 0.231 e. The second-order valence-corrected chi connectivity index (χ2v) is 7.53. The van der Waals surface area contributed by atoms with Crippen molar-refractivity contribution >= 4 is 0 Å². The van der Waals surface area contributed by atoms with E-state index >= 15 is 0 Å². The lowest BCUT2D eigenvalue weighted by molar-refractivity contribution is -0.114. The molecule has 1 saturated heterocycles. The molecule has 0 bridgehead atoms. The zero-order chi connectivity index (χ0) is 19.0. The quantitative estimate of drug-likeness (QED) is 0.865. The van der Waals surface area contributed by atoms with Crippen molar-refractivity contribution in [2.45, 2.75) is 51.4 Å². The maximum Gasteiger partial charge on any atom is 0.231 e. The van der Waals surface area contributed by atoms with Crippen LogP contribution in [0, 0.1) is 13.8 Å². The molecular weight excluding hydrogens is 344 g/mol. The fourth-order valence-electron chi connectivity index (χ4n) is 3.94. The summed E-state index contributed by atoms with van der Waals surface area (Å²) in [6.07, 6.45) is 0.542. The third-order valence-electron chi connectivity index (χ3n) is 5.47. The van der Waals surface area contributed by atoms with Gasteiger partial charge in [-0.1, -0.05) is 29.8 Å². The number of aliphatic hydroxyl groups is 2. The molecule has 3 unspecified atom stereocenters. The van der Waals surface area contributed by atoms with Crippen molar-refractivity contribution in [3.8, 4) is 11.5 Å². The van der Waals surface area contributed by atoms with Gasteiger partial charge in [0, 0.05) is 18.4 Å². The van der Waals surface area contributed by atoms with E-state index in [-0.39, 0.29) is 25.6 Å².